The average Bonchev–Trinajstić information content (AvgIpc) is 2.79. The van der Waals surface area contributed by atoms with Crippen LogP contribution < -0.4 is 10.1 Å². The number of rotatable bonds is 3. The lowest BCUT2D eigenvalue weighted by Gasteiger charge is -2.35. The first kappa shape index (κ1) is 13.0. The van der Waals surface area contributed by atoms with Crippen LogP contribution in [0.5, 0.6) is 5.75 Å². The molecule has 0 aromatic heterocycles. The molecule has 0 amide bonds. The molecule has 1 saturated heterocycles. The van der Waals surface area contributed by atoms with E-state index in [0.717, 1.165) is 19.6 Å². The number of benzene rings is 1. The van der Waals surface area contributed by atoms with E-state index in [1.54, 1.807) is 0 Å². The molecular weight excluding hydrogens is 234 g/mol. The molecule has 0 radical (unpaired) electrons. The van der Waals surface area contributed by atoms with Gasteiger partial charge in [0.1, 0.15) is 5.75 Å². The van der Waals surface area contributed by atoms with Crippen molar-refractivity contribution in [1.29, 1.82) is 0 Å². The van der Waals surface area contributed by atoms with Crippen molar-refractivity contribution in [3.8, 4) is 5.75 Å². The van der Waals surface area contributed by atoms with Gasteiger partial charge in [-0.3, -0.25) is 0 Å². The third kappa shape index (κ3) is 2.38. The van der Waals surface area contributed by atoms with Crippen LogP contribution in [0, 0.1) is 0 Å². The number of fused-ring (bicyclic) bond motifs is 1. The van der Waals surface area contributed by atoms with E-state index in [1.807, 2.05) is 0 Å². The molecule has 2 nitrogen and oxygen atoms in total. The smallest absolute Gasteiger partial charge is 0.127 e. The van der Waals surface area contributed by atoms with E-state index in [4.69, 9.17) is 4.74 Å². The van der Waals surface area contributed by atoms with Crippen LogP contribution in [0.2, 0.25) is 0 Å². The minimum atomic E-state index is 0.154. The molecule has 2 aliphatic heterocycles. The van der Waals surface area contributed by atoms with Crippen LogP contribution in [0.3, 0.4) is 0 Å². The van der Waals surface area contributed by atoms with Crippen molar-refractivity contribution in [2.24, 2.45) is 0 Å². The molecule has 19 heavy (non-hydrogen) atoms. The number of nitrogens with one attached hydrogen (secondary N) is 1. The van der Waals surface area contributed by atoms with E-state index in [0.29, 0.717) is 0 Å². The van der Waals surface area contributed by atoms with Gasteiger partial charge in [-0.05, 0) is 31.4 Å². The lowest BCUT2D eigenvalue weighted by molar-refractivity contribution is 0.277. The Morgan fingerprint density at radius 2 is 2.21 bits per heavy atom. The third-order valence-electron chi connectivity index (χ3n) is 4.65. The van der Waals surface area contributed by atoms with Crippen molar-refractivity contribution < 1.29 is 4.74 Å². The molecular formula is C17H25NO. The molecule has 0 aliphatic carbocycles. The largest absolute Gasteiger partial charge is 0.493 e. The summed E-state index contributed by atoms with van der Waals surface area (Å²) in [5, 5.41) is 3.86. The predicted octanol–water partition coefficient (Wildman–Crippen LogP) is 3.78. The maximum absolute atomic E-state index is 5.95. The zero-order chi connectivity index (χ0) is 13.1. The highest BCUT2D eigenvalue weighted by Crippen LogP contribution is 2.42. The summed E-state index contributed by atoms with van der Waals surface area (Å²) in [7, 11) is 0. The molecule has 1 aromatic carbocycles. The fourth-order valence-corrected chi connectivity index (χ4v) is 3.74. The zero-order valence-corrected chi connectivity index (χ0v) is 12.0. The molecule has 1 atom stereocenters. The lowest BCUT2D eigenvalue weighted by atomic mass is 9.80. The average molecular weight is 259 g/mol. The Morgan fingerprint density at radius 1 is 1.26 bits per heavy atom. The normalized spacial score (nSPS) is 26.6. The Bertz CT molecular complexity index is 433. The van der Waals surface area contributed by atoms with Crippen molar-refractivity contribution >= 4 is 0 Å². The fourth-order valence-electron chi connectivity index (χ4n) is 3.74. The van der Waals surface area contributed by atoms with Crippen LogP contribution in [-0.4, -0.2) is 13.2 Å². The number of hydrogen-bond acceptors (Lipinski definition) is 2. The maximum atomic E-state index is 5.95. The molecule has 2 heterocycles. The highest BCUT2D eigenvalue weighted by atomic mass is 16.5. The van der Waals surface area contributed by atoms with Gasteiger partial charge in [-0.1, -0.05) is 44.4 Å². The first-order valence-corrected chi connectivity index (χ1v) is 7.86. The molecule has 1 N–H and O–H groups in total. The van der Waals surface area contributed by atoms with E-state index < -0.39 is 0 Å². The molecule has 1 unspecified atom stereocenters. The second kappa shape index (κ2) is 5.54. The van der Waals surface area contributed by atoms with Crippen molar-refractivity contribution in [2.75, 3.05) is 13.2 Å². The van der Waals surface area contributed by atoms with Gasteiger partial charge >= 0.3 is 0 Å². The molecule has 1 fully saturated rings. The minimum Gasteiger partial charge on any atom is -0.493 e. The number of hydrogen-bond donors (Lipinski definition) is 1. The number of ether oxygens (including phenoxy) is 1. The van der Waals surface area contributed by atoms with Crippen molar-refractivity contribution in [2.45, 2.75) is 57.4 Å². The second-order valence-corrected chi connectivity index (χ2v) is 5.96. The highest BCUT2D eigenvalue weighted by molar-refractivity contribution is 5.47. The van der Waals surface area contributed by atoms with Crippen molar-refractivity contribution in [3.63, 3.8) is 0 Å². The Morgan fingerprint density at radius 3 is 3.11 bits per heavy atom. The quantitative estimate of drug-likeness (QED) is 0.892. The predicted molar refractivity (Wildman–Crippen MR) is 78.7 cm³/mol. The van der Waals surface area contributed by atoms with Gasteiger partial charge in [0.15, 0.2) is 0 Å². The van der Waals surface area contributed by atoms with E-state index in [9.17, 15) is 0 Å². The second-order valence-electron chi connectivity index (χ2n) is 5.96. The summed E-state index contributed by atoms with van der Waals surface area (Å²) in [6.07, 6.45) is 8.75. The van der Waals surface area contributed by atoms with E-state index >= 15 is 0 Å². The Hall–Kier alpha value is -1.02. The summed E-state index contributed by atoms with van der Waals surface area (Å²) in [6, 6.07) is 6.73. The van der Waals surface area contributed by atoms with Crippen LogP contribution in [-0.2, 0) is 12.0 Å². The topological polar surface area (TPSA) is 21.3 Å². The van der Waals surface area contributed by atoms with Crippen LogP contribution >= 0.6 is 0 Å². The molecule has 3 rings (SSSR count). The SMILES string of the molecule is CCCC1(c2cccc3c2OCC3)CCCCCN1. The highest BCUT2D eigenvalue weighted by Gasteiger charge is 2.35. The third-order valence-corrected chi connectivity index (χ3v) is 4.65. The monoisotopic (exact) mass is 259 g/mol. The Kier molecular flexibility index (Phi) is 3.79. The first-order valence-electron chi connectivity index (χ1n) is 7.86. The van der Waals surface area contributed by atoms with Crippen molar-refractivity contribution in [3.05, 3.63) is 29.3 Å². The molecule has 2 heteroatoms. The Labute approximate surface area is 116 Å². The summed E-state index contributed by atoms with van der Waals surface area (Å²) in [4.78, 5) is 0. The van der Waals surface area contributed by atoms with Gasteiger partial charge in [-0.25, -0.2) is 0 Å². The van der Waals surface area contributed by atoms with Gasteiger partial charge in [0.2, 0.25) is 0 Å². The number of para-hydroxylation sites is 1. The summed E-state index contributed by atoms with van der Waals surface area (Å²) < 4.78 is 5.95. The molecule has 104 valence electrons. The summed E-state index contributed by atoms with van der Waals surface area (Å²) in [5.41, 5.74) is 2.98. The van der Waals surface area contributed by atoms with Gasteiger partial charge in [0, 0.05) is 17.5 Å². The van der Waals surface area contributed by atoms with Gasteiger partial charge < -0.3 is 10.1 Å². The van der Waals surface area contributed by atoms with E-state index in [2.05, 4.69) is 30.4 Å². The summed E-state index contributed by atoms with van der Waals surface area (Å²) in [6.45, 7) is 4.29. The van der Waals surface area contributed by atoms with Crippen LogP contribution in [0.4, 0.5) is 0 Å². The minimum absolute atomic E-state index is 0.154. The lowest BCUT2D eigenvalue weighted by Crippen LogP contribution is -2.42. The molecule has 0 saturated carbocycles. The molecule has 0 bridgehead atoms. The molecule has 1 aromatic rings. The van der Waals surface area contributed by atoms with E-state index in [-0.39, 0.29) is 5.54 Å². The molecule has 0 spiro atoms. The summed E-state index contributed by atoms with van der Waals surface area (Å²) >= 11 is 0. The maximum Gasteiger partial charge on any atom is 0.127 e. The molecule has 2 aliphatic rings. The van der Waals surface area contributed by atoms with Gasteiger partial charge in [-0.2, -0.15) is 0 Å². The van der Waals surface area contributed by atoms with Crippen molar-refractivity contribution in [1.82, 2.24) is 5.32 Å². The van der Waals surface area contributed by atoms with Crippen LogP contribution in [0.25, 0.3) is 0 Å². The van der Waals surface area contributed by atoms with Gasteiger partial charge in [0.05, 0.1) is 6.61 Å². The van der Waals surface area contributed by atoms with E-state index in [1.165, 1.54) is 55.4 Å². The van der Waals surface area contributed by atoms with Gasteiger partial charge in [0.25, 0.3) is 0 Å². The van der Waals surface area contributed by atoms with Gasteiger partial charge in [-0.15, -0.1) is 0 Å². The zero-order valence-electron chi connectivity index (χ0n) is 12.0. The fraction of sp³-hybridized carbons (Fsp3) is 0.647. The van der Waals surface area contributed by atoms with Crippen LogP contribution in [0.15, 0.2) is 18.2 Å². The van der Waals surface area contributed by atoms with Crippen LogP contribution in [0.1, 0.15) is 56.6 Å². The Balaban J connectivity index is 2.02. The first-order chi connectivity index (χ1) is 9.36. The standard InChI is InChI=1S/C17H25NO/c1-2-10-17(11-4-3-5-12-18-17)15-8-6-7-14-9-13-19-16(14)15/h6-8,18H,2-5,9-13H2,1H3. The summed E-state index contributed by atoms with van der Waals surface area (Å²) in [5.74, 6) is 1.19.